The number of halogens is 1. The second-order valence-electron chi connectivity index (χ2n) is 5.95. The van der Waals surface area contributed by atoms with Crippen LogP contribution in [0.15, 0.2) is 0 Å². The lowest BCUT2D eigenvalue weighted by molar-refractivity contribution is -0.166. The Morgan fingerprint density at radius 2 is 2.06 bits per heavy atom. The number of hydrogen-bond donors (Lipinski definition) is 0. The summed E-state index contributed by atoms with van der Waals surface area (Å²) in [5.41, 5.74) is 0.748. The third-order valence-corrected chi connectivity index (χ3v) is 5.51. The van der Waals surface area contributed by atoms with Crippen LogP contribution in [-0.2, 0) is 9.47 Å². The van der Waals surface area contributed by atoms with Gasteiger partial charge in [0, 0.05) is 16.6 Å². The first-order valence-corrected chi connectivity index (χ1v) is 7.70. The maximum Gasteiger partial charge on any atom is 0.157 e. The Bertz CT molecular complexity index is 241. The van der Waals surface area contributed by atoms with Crippen LogP contribution in [0.2, 0.25) is 0 Å². The number of alkyl halides is 1. The van der Waals surface area contributed by atoms with Crippen LogP contribution in [0.4, 0.5) is 0 Å². The molecule has 3 saturated carbocycles. The summed E-state index contributed by atoms with van der Waals surface area (Å²) < 4.78 is 12.0. The van der Waals surface area contributed by atoms with E-state index >= 15 is 0 Å². The second kappa shape index (κ2) is 4.39. The normalized spacial score (nSPS) is 45.9. The molecule has 3 heteroatoms. The fraction of sp³-hybridized carbons (Fsp3) is 1.00. The maximum atomic E-state index is 5.77. The molecule has 3 aliphatic carbocycles. The van der Waals surface area contributed by atoms with Crippen LogP contribution in [0, 0.1) is 5.41 Å². The van der Waals surface area contributed by atoms with E-state index in [9.17, 15) is 0 Å². The number of rotatable bonds is 5. The van der Waals surface area contributed by atoms with E-state index in [4.69, 9.17) is 9.47 Å². The Morgan fingerprint density at radius 3 is 2.69 bits per heavy atom. The third kappa shape index (κ3) is 2.27. The van der Waals surface area contributed by atoms with Crippen LogP contribution in [0.25, 0.3) is 0 Å². The molecule has 0 spiro atoms. The van der Waals surface area contributed by atoms with Gasteiger partial charge >= 0.3 is 0 Å². The van der Waals surface area contributed by atoms with Crippen LogP contribution in [0.1, 0.15) is 51.4 Å². The van der Waals surface area contributed by atoms with E-state index in [2.05, 4.69) is 22.6 Å². The molecule has 16 heavy (non-hydrogen) atoms. The molecular weight excluding hydrogens is 315 g/mol. The summed E-state index contributed by atoms with van der Waals surface area (Å²) in [5.74, 6) is 0. The molecule has 0 aromatic rings. The van der Waals surface area contributed by atoms with Crippen molar-refractivity contribution in [3.05, 3.63) is 0 Å². The Kier molecular flexibility index (Phi) is 3.22. The summed E-state index contributed by atoms with van der Waals surface area (Å²) in [6.07, 6.45) is 10.7. The van der Waals surface area contributed by atoms with Gasteiger partial charge in [0.15, 0.2) is 6.29 Å². The zero-order valence-electron chi connectivity index (χ0n) is 9.84. The SMILES string of the molecule is IC12CC(CCCOC3CCCCO3)(C1)C2. The fourth-order valence-corrected chi connectivity index (χ4v) is 6.06. The standard InChI is InChI=1S/C13H21IO2/c14-13-8-12(9-13,10-13)5-3-7-16-11-4-1-2-6-15-11/h11H,1-10H2. The molecule has 2 nitrogen and oxygen atoms in total. The second-order valence-corrected chi connectivity index (χ2v) is 8.24. The molecule has 4 fully saturated rings. The largest absolute Gasteiger partial charge is 0.353 e. The van der Waals surface area contributed by atoms with Gasteiger partial charge in [0.25, 0.3) is 0 Å². The smallest absolute Gasteiger partial charge is 0.157 e. The molecule has 1 unspecified atom stereocenters. The van der Waals surface area contributed by atoms with Crippen molar-refractivity contribution in [2.45, 2.75) is 61.1 Å². The van der Waals surface area contributed by atoms with Crippen LogP contribution >= 0.6 is 22.6 Å². The monoisotopic (exact) mass is 336 g/mol. The van der Waals surface area contributed by atoms with Gasteiger partial charge in [-0.2, -0.15) is 0 Å². The van der Waals surface area contributed by atoms with E-state index in [1.54, 1.807) is 0 Å². The Hall–Kier alpha value is 0.650. The molecule has 2 bridgehead atoms. The van der Waals surface area contributed by atoms with Crippen LogP contribution < -0.4 is 0 Å². The van der Waals surface area contributed by atoms with Crippen molar-refractivity contribution < 1.29 is 9.47 Å². The van der Waals surface area contributed by atoms with E-state index in [-0.39, 0.29) is 6.29 Å². The molecule has 92 valence electrons. The van der Waals surface area contributed by atoms with Gasteiger partial charge in [-0.05, 0) is 56.8 Å². The van der Waals surface area contributed by atoms with Gasteiger partial charge in [0.1, 0.15) is 0 Å². The highest BCUT2D eigenvalue weighted by molar-refractivity contribution is 14.1. The summed E-state index contributed by atoms with van der Waals surface area (Å²) in [7, 11) is 0. The average Bonchev–Trinajstić information content (AvgIpc) is 2.21. The van der Waals surface area contributed by atoms with Gasteiger partial charge in [-0.1, -0.05) is 22.6 Å². The van der Waals surface area contributed by atoms with Crippen LogP contribution in [0.5, 0.6) is 0 Å². The van der Waals surface area contributed by atoms with Crippen molar-refractivity contribution in [1.29, 1.82) is 0 Å². The molecule has 4 rings (SSSR count). The Balaban J connectivity index is 1.27. The van der Waals surface area contributed by atoms with Gasteiger partial charge in [-0.3, -0.25) is 0 Å². The van der Waals surface area contributed by atoms with Gasteiger partial charge in [-0.15, -0.1) is 0 Å². The van der Waals surface area contributed by atoms with Crippen molar-refractivity contribution >= 4 is 22.6 Å². The Labute approximate surface area is 112 Å². The van der Waals surface area contributed by atoms with Gasteiger partial charge in [0.05, 0.1) is 0 Å². The number of hydrogen-bond acceptors (Lipinski definition) is 2. The first-order chi connectivity index (χ1) is 7.70. The van der Waals surface area contributed by atoms with Crippen molar-refractivity contribution in [3.63, 3.8) is 0 Å². The van der Waals surface area contributed by atoms with Crippen molar-refractivity contribution in [2.75, 3.05) is 13.2 Å². The maximum absolute atomic E-state index is 5.77. The average molecular weight is 336 g/mol. The molecule has 4 aliphatic rings. The quantitative estimate of drug-likeness (QED) is 0.433. The lowest BCUT2D eigenvalue weighted by Crippen LogP contribution is -2.62. The molecule has 0 radical (unpaired) electrons. The Morgan fingerprint density at radius 1 is 1.25 bits per heavy atom. The first kappa shape index (κ1) is 11.7. The summed E-state index contributed by atoms with van der Waals surface area (Å²) in [6.45, 7) is 1.80. The molecule has 0 aromatic carbocycles. The molecule has 0 amide bonds. The summed E-state index contributed by atoms with van der Waals surface area (Å²) in [4.78, 5) is 0. The highest BCUT2D eigenvalue weighted by Crippen LogP contribution is 2.73. The van der Waals surface area contributed by atoms with E-state index in [0.717, 1.165) is 28.5 Å². The van der Waals surface area contributed by atoms with E-state index in [1.165, 1.54) is 44.9 Å². The predicted octanol–water partition coefficient (Wildman–Crippen LogP) is 3.67. The lowest BCUT2D eigenvalue weighted by atomic mass is 9.43. The summed E-state index contributed by atoms with van der Waals surface area (Å²) in [5, 5.41) is 0. The minimum absolute atomic E-state index is 0.109. The minimum atomic E-state index is 0.109. The topological polar surface area (TPSA) is 18.5 Å². The van der Waals surface area contributed by atoms with E-state index < -0.39 is 0 Å². The van der Waals surface area contributed by atoms with Gasteiger partial charge < -0.3 is 9.47 Å². The van der Waals surface area contributed by atoms with Crippen LogP contribution in [-0.4, -0.2) is 22.9 Å². The first-order valence-electron chi connectivity index (χ1n) is 6.62. The van der Waals surface area contributed by atoms with Gasteiger partial charge in [0.2, 0.25) is 0 Å². The fourth-order valence-electron chi connectivity index (χ4n) is 3.63. The highest BCUT2D eigenvalue weighted by atomic mass is 127. The zero-order chi connectivity index (χ0) is 11.1. The number of ether oxygens (including phenoxy) is 2. The molecule has 0 N–H and O–H groups in total. The molecular formula is C13H21IO2. The van der Waals surface area contributed by atoms with Crippen molar-refractivity contribution in [2.24, 2.45) is 5.41 Å². The third-order valence-electron chi connectivity index (χ3n) is 4.37. The highest BCUT2D eigenvalue weighted by Gasteiger charge is 2.65. The molecule has 1 aliphatic heterocycles. The molecule has 1 heterocycles. The molecule has 0 aromatic heterocycles. The summed E-state index contributed by atoms with van der Waals surface area (Å²) >= 11 is 2.65. The van der Waals surface area contributed by atoms with Crippen LogP contribution in [0.3, 0.4) is 0 Å². The van der Waals surface area contributed by atoms with E-state index in [1.807, 2.05) is 0 Å². The lowest BCUT2D eigenvalue weighted by Gasteiger charge is -2.68. The minimum Gasteiger partial charge on any atom is -0.353 e. The summed E-state index contributed by atoms with van der Waals surface area (Å²) in [6, 6.07) is 0. The van der Waals surface area contributed by atoms with Gasteiger partial charge in [-0.25, -0.2) is 0 Å². The molecule has 1 saturated heterocycles. The predicted molar refractivity (Wildman–Crippen MR) is 71.8 cm³/mol. The van der Waals surface area contributed by atoms with Crippen molar-refractivity contribution in [3.8, 4) is 0 Å². The molecule has 1 atom stereocenters. The van der Waals surface area contributed by atoms with Crippen molar-refractivity contribution in [1.82, 2.24) is 0 Å². The van der Waals surface area contributed by atoms with E-state index in [0.29, 0.717) is 0 Å². The zero-order valence-corrected chi connectivity index (χ0v) is 12.0.